The highest BCUT2D eigenvalue weighted by Crippen LogP contribution is 2.28. The molecule has 132 valence electrons. The van der Waals surface area contributed by atoms with Crippen LogP contribution in [0, 0.1) is 0 Å². The molecular weight excluding hydrogens is 332 g/mol. The number of amides is 1. The molecule has 2 fully saturated rings. The second-order valence-corrected chi connectivity index (χ2v) is 7.89. The molecule has 2 aliphatic heterocycles. The lowest BCUT2D eigenvalue weighted by atomic mass is 10.0. The lowest BCUT2D eigenvalue weighted by Crippen LogP contribution is -2.53. The highest BCUT2D eigenvalue weighted by molar-refractivity contribution is 7.95. The highest BCUT2D eigenvalue weighted by Gasteiger charge is 2.37. The summed E-state index contributed by atoms with van der Waals surface area (Å²) in [5.41, 5.74) is 0. The van der Waals surface area contributed by atoms with Gasteiger partial charge in [-0.1, -0.05) is 4.21 Å². The monoisotopic (exact) mass is 354 g/mol. The van der Waals surface area contributed by atoms with Crippen molar-refractivity contribution in [2.24, 2.45) is 0 Å². The van der Waals surface area contributed by atoms with E-state index < -0.39 is 10.4 Å². The van der Waals surface area contributed by atoms with Gasteiger partial charge in [-0.25, -0.2) is 0 Å². The molecule has 0 radical (unpaired) electrons. The van der Waals surface area contributed by atoms with E-state index in [9.17, 15) is 13.6 Å². The summed E-state index contributed by atoms with van der Waals surface area (Å²) in [7, 11) is -1.96. The van der Waals surface area contributed by atoms with Crippen LogP contribution >= 0.6 is 0 Å². The van der Waals surface area contributed by atoms with Crippen molar-refractivity contribution in [3.05, 3.63) is 24.3 Å². The van der Waals surface area contributed by atoms with Gasteiger partial charge in [-0.15, -0.1) is 4.31 Å². The molecule has 2 heterocycles. The summed E-state index contributed by atoms with van der Waals surface area (Å²) >= 11 is 0. The predicted molar refractivity (Wildman–Crippen MR) is 87.2 cm³/mol. The number of carbonyl (C=O) groups is 1. The fourth-order valence-corrected chi connectivity index (χ4v) is 4.68. The van der Waals surface area contributed by atoms with Crippen molar-refractivity contribution in [2.45, 2.75) is 23.8 Å². The van der Waals surface area contributed by atoms with Crippen LogP contribution in [0.25, 0.3) is 0 Å². The molecule has 2 aliphatic rings. The van der Waals surface area contributed by atoms with Crippen LogP contribution < -0.4 is 4.74 Å². The average molecular weight is 354 g/mol. The van der Waals surface area contributed by atoms with Gasteiger partial charge < -0.3 is 18.9 Å². The number of carbonyl (C=O) groups excluding carboxylic acids is 1. The second kappa shape index (κ2) is 7.18. The first-order valence-corrected chi connectivity index (χ1v) is 9.48. The van der Waals surface area contributed by atoms with Crippen molar-refractivity contribution in [1.82, 2.24) is 9.21 Å². The van der Waals surface area contributed by atoms with E-state index in [1.165, 1.54) is 4.31 Å². The molecule has 8 heteroatoms. The van der Waals surface area contributed by atoms with Gasteiger partial charge in [0.15, 0.2) is 15.3 Å². The summed E-state index contributed by atoms with van der Waals surface area (Å²) < 4.78 is 37.1. The molecule has 1 aromatic carbocycles. The maximum absolute atomic E-state index is 12.7. The third-order valence-corrected chi connectivity index (χ3v) is 6.50. The standard InChI is InChI=1S/C16H22N2O5S/c1-22-14-2-4-15(5-3-14)24(20,21)17-8-6-13(7-9-17)18-10-11-23-12-16(18)19/h2-5,13H,6-12H2,1H3. The molecule has 2 saturated heterocycles. The number of rotatable bonds is 4. The molecule has 1 aromatic rings. The maximum atomic E-state index is 12.7. The number of hydrogen-bond acceptors (Lipinski definition) is 5. The Bertz CT molecular complexity index is 628. The molecule has 0 saturated carbocycles. The first-order chi connectivity index (χ1) is 11.5. The molecule has 1 unspecified atom stereocenters. The normalized spacial score (nSPS) is 23.1. The van der Waals surface area contributed by atoms with E-state index in [0.29, 0.717) is 44.8 Å². The Morgan fingerprint density at radius 3 is 2.46 bits per heavy atom. The van der Waals surface area contributed by atoms with Crippen LogP contribution in [0.2, 0.25) is 0 Å². The molecule has 0 spiro atoms. The topological polar surface area (TPSA) is 82.1 Å². The molecule has 0 aliphatic carbocycles. The highest BCUT2D eigenvalue weighted by atomic mass is 32.3. The minimum atomic E-state index is -3.51. The fourth-order valence-electron chi connectivity index (χ4n) is 3.21. The molecule has 0 aromatic heterocycles. The zero-order chi connectivity index (χ0) is 17.2. The van der Waals surface area contributed by atoms with Gasteiger partial charge in [-0.2, -0.15) is 0 Å². The van der Waals surface area contributed by atoms with Gasteiger partial charge in [0.05, 0.1) is 13.7 Å². The van der Waals surface area contributed by atoms with Gasteiger partial charge in [-0.3, -0.25) is 4.79 Å². The SMILES string of the molecule is COc1ccc([S+](=O)([O-])N2CCC(N3CCOCC3=O)CC2)cc1. The Kier molecular flexibility index (Phi) is 5.19. The van der Waals surface area contributed by atoms with E-state index in [-0.39, 0.29) is 23.5 Å². The van der Waals surface area contributed by atoms with Crippen LogP contribution in [0.3, 0.4) is 0 Å². The first-order valence-electron chi connectivity index (χ1n) is 8.04. The van der Waals surface area contributed by atoms with Crippen LogP contribution in [-0.4, -0.2) is 65.7 Å². The maximum Gasteiger partial charge on any atom is 0.248 e. The number of piperidine rings is 1. The fraction of sp³-hybridized carbons (Fsp3) is 0.562. The molecule has 3 rings (SSSR count). The molecule has 24 heavy (non-hydrogen) atoms. The Balaban J connectivity index is 1.64. The molecule has 0 bridgehead atoms. The summed E-state index contributed by atoms with van der Waals surface area (Å²) in [5, 5.41) is 0. The Labute approximate surface area is 142 Å². The molecule has 0 N–H and O–H groups in total. The number of hydrogen-bond donors (Lipinski definition) is 0. The Morgan fingerprint density at radius 1 is 1.21 bits per heavy atom. The molecule has 1 amide bonds. The number of methoxy groups -OCH3 is 1. The summed E-state index contributed by atoms with van der Waals surface area (Å²) in [6.45, 7) is 2.11. The Morgan fingerprint density at radius 2 is 1.88 bits per heavy atom. The van der Waals surface area contributed by atoms with Crippen molar-refractivity contribution in [3.63, 3.8) is 0 Å². The number of sulfonamides is 1. The van der Waals surface area contributed by atoms with Crippen molar-refractivity contribution >= 4 is 16.3 Å². The van der Waals surface area contributed by atoms with Crippen molar-refractivity contribution in [1.29, 1.82) is 0 Å². The van der Waals surface area contributed by atoms with E-state index in [4.69, 9.17) is 9.47 Å². The van der Waals surface area contributed by atoms with Crippen LogP contribution in [0.5, 0.6) is 5.75 Å². The molecule has 1 atom stereocenters. The third-order valence-electron chi connectivity index (χ3n) is 4.58. The van der Waals surface area contributed by atoms with Crippen molar-refractivity contribution in [3.8, 4) is 5.75 Å². The first kappa shape index (κ1) is 17.3. The minimum absolute atomic E-state index is 0.00212. The summed E-state index contributed by atoms with van der Waals surface area (Å²) in [5.74, 6) is 0.621. The van der Waals surface area contributed by atoms with Gasteiger partial charge in [0.25, 0.3) is 0 Å². The lowest BCUT2D eigenvalue weighted by Gasteiger charge is -2.40. The molecule has 7 nitrogen and oxygen atoms in total. The van der Waals surface area contributed by atoms with Crippen LogP contribution in [0.1, 0.15) is 12.8 Å². The quantitative estimate of drug-likeness (QED) is 0.751. The van der Waals surface area contributed by atoms with Gasteiger partial charge in [0.1, 0.15) is 12.4 Å². The zero-order valence-corrected chi connectivity index (χ0v) is 14.5. The lowest BCUT2D eigenvalue weighted by molar-refractivity contribution is -0.146. The van der Waals surface area contributed by atoms with Crippen molar-refractivity contribution in [2.75, 3.05) is 40.0 Å². The smallest absolute Gasteiger partial charge is 0.248 e. The van der Waals surface area contributed by atoms with E-state index >= 15 is 0 Å². The predicted octanol–water partition coefficient (Wildman–Crippen LogP) is 0.922. The van der Waals surface area contributed by atoms with Crippen LogP contribution in [0.15, 0.2) is 29.2 Å². The van der Waals surface area contributed by atoms with Crippen LogP contribution in [0.4, 0.5) is 0 Å². The third kappa shape index (κ3) is 3.46. The van der Waals surface area contributed by atoms with E-state index in [2.05, 4.69) is 0 Å². The number of benzene rings is 1. The molecular formula is C16H22N2O5S. The summed E-state index contributed by atoms with van der Waals surface area (Å²) in [4.78, 5) is 14.0. The summed E-state index contributed by atoms with van der Waals surface area (Å²) in [6, 6.07) is 6.51. The Hall–Kier alpha value is -1.48. The zero-order valence-electron chi connectivity index (χ0n) is 13.7. The average Bonchev–Trinajstić information content (AvgIpc) is 2.62. The van der Waals surface area contributed by atoms with Gasteiger partial charge in [0.2, 0.25) is 5.91 Å². The van der Waals surface area contributed by atoms with E-state index in [1.54, 1.807) is 31.4 Å². The van der Waals surface area contributed by atoms with E-state index in [0.717, 1.165) is 0 Å². The van der Waals surface area contributed by atoms with Gasteiger partial charge in [0, 0.05) is 25.7 Å². The van der Waals surface area contributed by atoms with E-state index in [1.807, 2.05) is 4.90 Å². The second-order valence-electron chi connectivity index (χ2n) is 5.95. The van der Waals surface area contributed by atoms with Crippen molar-refractivity contribution < 1.29 is 23.0 Å². The van der Waals surface area contributed by atoms with Crippen LogP contribution in [-0.2, 0) is 24.1 Å². The number of nitrogens with zero attached hydrogens (tertiary/aromatic N) is 2. The number of morpholine rings is 1. The van der Waals surface area contributed by atoms with Gasteiger partial charge >= 0.3 is 0 Å². The number of ether oxygens (including phenoxy) is 2. The van der Waals surface area contributed by atoms with Gasteiger partial charge in [-0.05, 0) is 37.1 Å². The summed E-state index contributed by atoms with van der Waals surface area (Å²) in [6.07, 6.45) is 1.31. The minimum Gasteiger partial charge on any atom is -0.593 e. The largest absolute Gasteiger partial charge is 0.593 e.